The SMILES string of the molecule is FSC1=C(SF)C(S)(S)C(S)(S)O1. The van der Waals surface area contributed by atoms with Gasteiger partial charge < -0.3 is 4.74 Å². The average Bonchev–Trinajstić information content (AvgIpc) is 2.19. The van der Waals surface area contributed by atoms with Gasteiger partial charge in [-0.15, -0.1) is 25.3 Å². The Labute approximate surface area is 105 Å². The van der Waals surface area contributed by atoms with Crippen molar-refractivity contribution in [1.29, 1.82) is 0 Å². The minimum Gasteiger partial charge on any atom is -0.455 e. The molecule has 0 unspecified atom stereocenters. The minimum atomic E-state index is -1.44. The van der Waals surface area contributed by atoms with Crippen molar-refractivity contribution < 1.29 is 12.5 Å². The molecule has 0 saturated carbocycles. The molecule has 0 radical (unpaired) electrons. The predicted molar refractivity (Wildman–Crippen MR) is 66.9 cm³/mol. The molecule has 0 aromatic rings. The molecule has 0 spiro atoms. The van der Waals surface area contributed by atoms with Crippen LogP contribution < -0.4 is 0 Å². The monoisotopic (exact) mass is 298 g/mol. The Morgan fingerprint density at radius 3 is 1.92 bits per heavy atom. The van der Waals surface area contributed by atoms with Gasteiger partial charge in [0.1, 0.15) is 17.1 Å². The second-order valence-corrected chi connectivity index (χ2v) is 6.55. The highest BCUT2D eigenvalue weighted by Gasteiger charge is 2.55. The van der Waals surface area contributed by atoms with E-state index >= 15 is 0 Å². The van der Waals surface area contributed by atoms with Crippen molar-refractivity contribution >= 4 is 74.8 Å². The van der Waals surface area contributed by atoms with Crippen molar-refractivity contribution in [2.24, 2.45) is 0 Å². The normalized spacial score (nSPS) is 24.8. The standard InChI is InChI=1S/C4H4F2OS6/c5-12-1-2(13-6)7-4(10,11)3(1,8)9/h8-11H. The summed E-state index contributed by atoms with van der Waals surface area (Å²) in [6.07, 6.45) is 0. The summed E-state index contributed by atoms with van der Waals surface area (Å²) < 4.78 is 26.7. The van der Waals surface area contributed by atoms with E-state index in [1.807, 2.05) is 0 Å². The lowest BCUT2D eigenvalue weighted by atomic mass is 10.4. The number of halogens is 2. The lowest BCUT2D eigenvalue weighted by molar-refractivity contribution is 0.213. The molecule has 0 amide bonds. The number of hydrogen-bond acceptors (Lipinski definition) is 7. The highest BCUT2D eigenvalue weighted by Crippen LogP contribution is 2.59. The largest absolute Gasteiger partial charge is 0.455 e. The first-order chi connectivity index (χ1) is 5.86. The van der Waals surface area contributed by atoms with Crippen LogP contribution in [0.25, 0.3) is 0 Å². The van der Waals surface area contributed by atoms with Crippen LogP contribution in [-0.2, 0) is 4.74 Å². The maximum atomic E-state index is 12.4. The predicted octanol–water partition coefficient (Wildman–Crippen LogP) is 3.49. The van der Waals surface area contributed by atoms with Crippen LogP contribution in [0, 0.1) is 0 Å². The molecule has 1 aliphatic heterocycles. The zero-order chi connectivity index (χ0) is 10.3. The van der Waals surface area contributed by atoms with Gasteiger partial charge in [-0.3, -0.25) is 0 Å². The Hall–Kier alpha value is 1.50. The van der Waals surface area contributed by atoms with Crippen molar-refractivity contribution in [3.63, 3.8) is 0 Å². The van der Waals surface area contributed by atoms with Crippen LogP contribution in [0.2, 0.25) is 0 Å². The van der Waals surface area contributed by atoms with Crippen molar-refractivity contribution in [2.75, 3.05) is 0 Å². The molecular weight excluding hydrogens is 294 g/mol. The van der Waals surface area contributed by atoms with Crippen LogP contribution in [0.4, 0.5) is 7.77 Å². The fraction of sp³-hybridized carbons (Fsp3) is 0.500. The van der Waals surface area contributed by atoms with E-state index < -0.39 is 8.34 Å². The van der Waals surface area contributed by atoms with Crippen molar-refractivity contribution in [2.45, 2.75) is 8.34 Å². The molecule has 1 aliphatic rings. The summed E-state index contributed by atoms with van der Waals surface area (Å²) >= 11 is 15.5. The van der Waals surface area contributed by atoms with Gasteiger partial charge in [0.25, 0.3) is 0 Å². The fourth-order valence-electron chi connectivity index (χ4n) is 0.673. The van der Waals surface area contributed by atoms with Crippen LogP contribution in [0.15, 0.2) is 10.00 Å². The minimum absolute atomic E-state index is 0.0864. The van der Waals surface area contributed by atoms with E-state index in [0.29, 0.717) is 0 Å². The molecule has 0 aromatic heterocycles. The first-order valence-electron chi connectivity index (χ1n) is 2.77. The summed E-state index contributed by atoms with van der Waals surface area (Å²) in [5, 5.41) is -0.248. The Bertz CT molecular complexity index is 251. The van der Waals surface area contributed by atoms with Crippen LogP contribution in [0.1, 0.15) is 0 Å². The van der Waals surface area contributed by atoms with Crippen LogP contribution in [0.5, 0.6) is 0 Å². The average molecular weight is 298 g/mol. The van der Waals surface area contributed by atoms with E-state index in [-0.39, 0.29) is 34.3 Å². The van der Waals surface area contributed by atoms with Crippen molar-refractivity contribution in [3.05, 3.63) is 10.00 Å². The molecule has 0 bridgehead atoms. The van der Waals surface area contributed by atoms with Crippen LogP contribution in [0.3, 0.4) is 0 Å². The molecule has 76 valence electrons. The third-order valence-corrected chi connectivity index (χ3v) is 5.48. The van der Waals surface area contributed by atoms with Gasteiger partial charge in [-0.2, -0.15) is 33.0 Å². The Kier molecular flexibility index (Phi) is 4.03. The molecule has 1 nitrogen and oxygen atoms in total. The van der Waals surface area contributed by atoms with Crippen LogP contribution >= 0.6 is 74.8 Å². The smallest absolute Gasteiger partial charge is 0.225 e. The second-order valence-electron chi connectivity index (χ2n) is 2.15. The van der Waals surface area contributed by atoms with E-state index in [1.165, 1.54) is 0 Å². The van der Waals surface area contributed by atoms with Gasteiger partial charge in [0, 0.05) is 0 Å². The first kappa shape index (κ1) is 12.6. The number of ether oxygens (including phenoxy) is 1. The molecular formula is C4H4F2OS6. The van der Waals surface area contributed by atoms with Crippen LogP contribution in [-0.4, -0.2) is 8.34 Å². The van der Waals surface area contributed by atoms with Gasteiger partial charge in [0.2, 0.25) is 9.36 Å². The summed E-state index contributed by atoms with van der Waals surface area (Å²) in [4.78, 5) is -0.0864. The molecule has 9 heteroatoms. The molecule has 0 fully saturated rings. The van der Waals surface area contributed by atoms with Gasteiger partial charge in [-0.1, -0.05) is 0 Å². The number of hydrogen-bond donors (Lipinski definition) is 4. The third kappa shape index (κ3) is 2.05. The summed E-state index contributed by atoms with van der Waals surface area (Å²) in [5.74, 6) is 0. The Balaban J connectivity index is 3.10. The highest BCUT2D eigenvalue weighted by atomic mass is 32.2. The Morgan fingerprint density at radius 1 is 1.08 bits per heavy atom. The zero-order valence-corrected chi connectivity index (χ0v) is 11.0. The molecule has 0 atom stereocenters. The molecule has 0 aromatic carbocycles. The van der Waals surface area contributed by atoms with Gasteiger partial charge in [0.15, 0.2) is 4.08 Å². The molecule has 0 aliphatic carbocycles. The first-order valence-corrected chi connectivity index (χ1v) is 5.99. The van der Waals surface area contributed by atoms with Crippen molar-refractivity contribution in [3.8, 4) is 0 Å². The Morgan fingerprint density at radius 2 is 1.62 bits per heavy atom. The van der Waals surface area contributed by atoms with E-state index in [2.05, 4.69) is 50.5 Å². The molecule has 1 heterocycles. The molecule has 0 N–H and O–H groups in total. The highest BCUT2D eigenvalue weighted by molar-refractivity contribution is 8.11. The van der Waals surface area contributed by atoms with Crippen molar-refractivity contribution in [1.82, 2.24) is 0 Å². The maximum Gasteiger partial charge on any atom is 0.225 e. The van der Waals surface area contributed by atoms with Gasteiger partial charge in [-0.05, 0) is 0 Å². The summed E-state index contributed by atoms with van der Waals surface area (Å²) in [6, 6.07) is 0. The molecule has 0 saturated heterocycles. The fourth-order valence-corrected chi connectivity index (χ4v) is 2.93. The number of rotatable bonds is 2. The van der Waals surface area contributed by atoms with E-state index in [9.17, 15) is 7.77 Å². The summed E-state index contributed by atoms with van der Waals surface area (Å²) in [7, 11) is 0. The van der Waals surface area contributed by atoms with Gasteiger partial charge in [0.05, 0.1) is 12.1 Å². The quantitative estimate of drug-likeness (QED) is 0.459. The van der Waals surface area contributed by atoms with E-state index in [4.69, 9.17) is 4.74 Å². The van der Waals surface area contributed by atoms with E-state index in [1.54, 1.807) is 0 Å². The number of thiol groups is 4. The second kappa shape index (κ2) is 4.17. The van der Waals surface area contributed by atoms with E-state index in [0.717, 1.165) is 0 Å². The zero-order valence-electron chi connectivity index (χ0n) is 5.77. The maximum absolute atomic E-state index is 12.4. The van der Waals surface area contributed by atoms with Gasteiger partial charge in [-0.25, -0.2) is 0 Å². The van der Waals surface area contributed by atoms with Gasteiger partial charge >= 0.3 is 0 Å². The topological polar surface area (TPSA) is 9.23 Å². The molecule has 1 rings (SSSR count). The third-order valence-electron chi connectivity index (χ3n) is 1.34. The summed E-state index contributed by atoms with van der Waals surface area (Å²) in [5.41, 5.74) is 0. The lowest BCUT2D eigenvalue weighted by Gasteiger charge is -2.29. The molecule has 13 heavy (non-hydrogen) atoms. The lowest BCUT2D eigenvalue weighted by Crippen LogP contribution is -2.34. The summed E-state index contributed by atoms with van der Waals surface area (Å²) in [6.45, 7) is 0.